The minimum Gasteiger partial charge on any atom is -0.339 e. The van der Waals surface area contributed by atoms with Crippen molar-refractivity contribution in [2.75, 3.05) is 31.1 Å². The van der Waals surface area contributed by atoms with E-state index >= 15 is 0 Å². The SMILES string of the molecule is CCCN(C(=O)CCc1nc2cc(S(=O)(=O)N(CC)CC)ccc2n1C)C1CCS(=O)(=O)C1. The Morgan fingerprint density at radius 1 is 1.21 bits per heavy atom. The third-order valence-electron chi connectivity index (χ3n) is 6.28. The predicted molar refractivity (Wildman–Crippen MR) is 128 cm³/mol. The Labute approximate surface area is 196 Å². The minimum absolute atomic E-state index is 0.0365. The van der Waals surface area contributed by atoms with Gasteiger partial charge in [-0.25, -0.2) is 21.8 Å². The van der Waals surface area contributed by atoms with E-state index in [9.17, 15) is 21.6 Å². The first-order valence-corrected chi connectivity index (χ1v) is 14.8. The number of sulfone groups is 1. The molecule has 1 aromatic heterocycles. The highest BCUT2D eigenvalue weighted by molar-refractivity contribution is 7.91. The molecule has 0 saturated carbocycles. The van der Waals surface area contributed by atoms with E-state index in [2.05, 4.69) is 4.98 Å². The van der Waals surface area contributed by atoms with Crippen LogP contribution < -0.4 is 0 Å². The van der Waals surface area contributed by atoms with Crippen molar-refractivity contribution in [3.05, 3.63) is 24.0 Å². The van der Waals surface area contributed by atoms with Crippen LogP contribution in [0.25, 0.3) is 11.0 Å². The molecule has 1 unspecified atom stereocenters. The van der Waals surface area contributed by atoms with Crippen LogP contribution in [0, 0.1) is 0 Å². The summed E-state index contributed by atoms with van der Waals surface area (Å²) in [7, 11) is -4.81. The van der Waals surface area contributed by atoms with Crippen LogP contribution in [0.1, 0.15) is 45.9 Å². The summed E-state index contributed by atoms with van der Waals surface area (Å²) in [6.07, 6.45) is 1.86. The number of hydrogen-bond donors (Lipinski definition) is 0. The molecule has 1 aliphatic rings. The molecule has 1 amide bonds. The van der Waals surface area contributed by atoms with Gasteiger partial charge in [0.1, 0.15) is 5.82 Å². The second-order valence-electron chi connectivity index (χ2n) is 8.47. The molecule has 0 bridgehead atoms. The molecule has 1 aromatic carbocycles. The Balaban J connectivity index is 1.79. The zero-order valence-electron chi connectivity index (χ0n) is 19.8. The van der Waals surface area contributed by atoms with E-state index in [0.29, 0.717) is 43.8 Å². The van der Waals surface area contributed by atoms with Gasteiger partial charge in [0.2, 0.25) is 15.9 Å². The summed E-state index contributed by atoms with van der Waals surface area (Å²) in [5, 5.41) is 0. The lowest BCUT2D eigenvalue weighted by Gasteiger charge is -2.28. The van der Waals surface area contributed by atoms with Gasteiger partial charge in [0, 0.05) is 45.6 Å². The second kappa shape index (κ2) is 10.1. The summed E-state index contributed by atoms with van der Waals surface area (Å²) in [5.74, 6) is 0.783. The van der Waals surface area contributed by atoms with Gasteiger partial charge in [-0.05, 0) is 31.0 Å². The van der Waals surface area contributed by atoms with Gasteiger partial charge in [0.25, 0.3) is 0 Å². The Morgan fingerprint density at radius 2 is 1.91 bits per heavy atom. The van der Waals surface area contributed by atoms with Crippen molar-refractivity contribution in [3.63, 3.8) is 0 Å². The van der Waals surface area contributed by atoms with Crippen LogP contribution in [-0.2, 0) is 38.1 Å². The summed E-state index contributed by atoms with van der Waals surface area (Å²) in [4.78, 5) is 19.5. The smallest absolute Gasteiger partial charge is 0.243 e. The summed E-state index contributed by atoms with van der Waals surface area (Å²) in [6, 6.07) is 4.67. The molecular weight excluding hydrogens is 464 g/mol. The van der Waals surface area contributed by atoms with Gasteiger partial charge in [-0.3, -0.25) is 4.79 Å². The van der Waals surface area contributed by atoms with Crippen molar-refractivity contribution in [1.29, 1.82) is 0 Å². The number of hydrogen-bond acceptors (Lipinski definition) is 6. The lowest BCUT2D eigenvalue weighted by atomic mass is 10.1. The molecule has 1 fully saturated rings. The van der Waals surface area contributed by atoms with Crippen molar-refractivity contribution in [3.8, 4) is 0 Å². The normalized spacial score (nSPS) is 18.3. The molecule has 0 spiro atoms. The van der Waals surface area contributed by atoms with E-state index in [1.165, 1.54) is 4.31 Å². The van der Waals surface area contributed by atoms with Gasteiger partial charge in [0.15, 0.2) is 9.84 Å². The van der Waals surface area contributed by atoms with Gasteiger partial charge in [-0.1, -0.05) is 20.8 Å². The minimum atomic E-state index is -3.58. The van der Waals surface area contributed by atoms with Crippen LogP contribution in [0.15, 0.2) is 23.1 Å². The van der Waals surface area contributed by atoms with Crippen molar-refractivity contribution in [1.82, 2.24) is 18.8 Å². The highest BCUT2D eigenvalue weighted by atomic mass is 32.2. The quantitative estimate of drug-likeness (QED) is 0.495. The molecule has 0 aliphatic carbocycles. The standard InChI is InChI=1S/C22H34N4O5S2/c1-5-13-26(17-12-14-32(28,29)16-17)22(27)11-10-21-23-19-15-18(8-9-20(19)24(21)4)33(30,31)25(6-2)7-3/h8-9,15,17H,5-7,10-14,16H2,1-4H3. The molecule has 1 aliphatic heterocycles. The number of carbonyl (C=O) groups is 1. The summed E-state index contributed by atoms with van der Waals surface area (Å²) in [5.41, 5.74) is 1.36. The first-order chi connectivity index (χ1) is 15.5. The molecule has 2 aromatic rings. The van der Waals surface area contributed by atoms with Gasteiger partial charge >= 0.3 is 0 Å². The molecule has 33 heavy (non-hydrogen) atoms. The maximum atomic E-state index is 13.0. The molecule has 11 heteroatoms. The van der Waals surface area contributed by atoms with Crippen molar-refractivity contribution in [2.24, 2.45) is 7.05 Å². The lowest BCUT2D eigenvalue weighted by molar-refractivity contribution is -0.133. The van der Waals surface area contributed by atoms with E-state index in [1.54, 1.807) is 36.9 Å². The van der Waals surface area contributed by atoms with Gasteiger partial charge in [-0.15, -0.1) is 0 Å². The van der Waals surface area contributed by atoms with Crippen molar-refractivity contribution < 1.29 is 21.6 Å². The number of aromatic nitrogens is 2. The topological polar surface area (TPSA) is 110 Å². The summed E-state index contributed by atoms with van der Waals surface area (Å²) < 4.78 is 52.7. The van der Waals surface area contributed by atoms with Crippen LogP contribution in [-0.4, -0.2) is 78.7 Å². The molecule has 2 heterocycles. The summed E-state index contributed by atoms with van der Waals surface area (Å²) >= 11 is 0. The molecule has 9 nitrogen and oxygen atoms in total. The third-order valence-corrected chi connectivity index (χ3v) is 10.1. The van der Waals surface area contributed by atoms with Crippen LogP contribution in [0.3, 0.4) is 0 Å². The number of fused-ring (bicyclic) bond motifs is 1. The maximum Gasteiger partial charge on any atom is 0.243 e. The van der Waals surface area contributed by atoms with Crippen LogP contribution in [0.5, 0.6) is 0 Å². The average molecular weight is 499 g/mol. The lowest BCUT2D eigenvalue weighted by Crippen LogP contribution is -2.41. The monoisotopic (exact) mass is 498 g/mol. The second-order valence-corrected chi connectivity index (χ2v) is 12.6. The Morgan fingerprint density at radius 3 is 2.48 bits per heavy atom. The van der Waals surface area contributed by atoms with Crippen LogP contribution >= 0.6 is 0 Å². The van der Waals surface area contributed by atoms with Crippen molar-refractivity contribution >= 4 is 36.8 Å². The molecule has 3 rings (SSSR count). The van der Waals surface area contributed by atoms with Gasteiger partial charge in [-0.2, -0.15) is 4.31 Å². The highest BCUT2D eigenvalue weighted by Gasteiger charge is 2.34. The number of amides is 1. The number of benzene rings is 1. The molecule has 1 saturated heterocycles. The molecule has 0 N–H and O–H groups in total. The zero-order valence-corrected chi connectivity index (χ0v) is 21.5. The fourth-order valence-electron chi connectivity index (χ4n) is 4.46. The third kappa shape index (κ3) is 5.41. The molecule has 1 atom stereocenters. The Hall–Kier alpha value is -1.98. The first-order valence-electron chi connectivity index (χ1n) is 11.5. The van der Waals surface area contributed by atoms with Gasteiger partial charge in [0.05, 0.1) is 27.4 Å². The number of sulfonamides is 1. The maximum absolute atomic E-state index is 13.0. The Bertz CT molecular complexity index is 1220. The number of carbonyl (C=O) groups excluding carboxylic acids is 1. The van der Waals surface area contributed by atoms with E-state index in [4.69, 9.17) is 0 Å². The predicted octanol–water partition coefficient (Wildman–Crippen LogP) is 1.96. The first kappa shape index (κ1) is 25.6. The van der Waals surface area contributed by atoms with Crippen molar-refractivity contribution in [2.45, 2.75) is 57.4 Å². The largest absolute Gasteiger partial charge is 0.339 e. The van der Waals surface area contributed by atoms with Crippen LogP contribution in [0.2, 0.25) is 0 Å². The Kier molecular flexibility index (Phi) is 7.85. The fourth-order valence-corrected chi connectivity index (χ4v) is 7.67. The van der Waals surface area contributed by atoms with E-state index in [1.807, 2.05) is 18.5 Å². The number of rotatable bonds is 10. The van der Waals surface area contributed by atoms with E-state index in [0.717, 1.165) is 11.9 Å². The zero-order chi connectivity index (χ0) is 24.4. The number of imidazole rings is 1. The van der Waals surface area contributed by atoms with Crippen LogP contribution in [0.4, 0.5) is 0 Å². The molecule has 0 radical (unpaired) electrons. The van der Waals surface area contributed by atoms with E-state index < -0.39 is 19.9 Å². The highest BCUT2D eigenvalue weighted by Crippen LogP contribution is 2.24. The van der Waals surface area contributed by atoms with E-state index in [-0.39, 0.29) is 34.8 Å². The number of nitrogens with zero attached hydrogens (tertiary/aromatic N) is 4. The molecular formula is C22H34N4O5S2. The number of aryl methyl sites for hydroxylation is 2. The van der Waals surface area contributed by atoms with Gasteiger partial charge < -0.3 is 9.47 Å². The fraction of sp³-hybridized carbons (Fsp3) is 0.636. The average Bonchev–Trinajstić information content (AvgIpc) is 3.29. The summed E-state index contributed by atoms with van der Waals surface area (Å²) in [6.45, 7) is 6.90. The molecule has 184 valence electrons.